The van der Waals surface area contributed by atoms with Gasteiger partial charge in [0.1, 0.15) is 5.75 Å². The van der Waals surface area contributed by atoms with Crippen molar-refractivity contribution < 1.29 is 14.3 Å². The fraction of sp³-hybridized carbons (Fsp3) is 0.588. The maximum absolute atomic E-state index is 12.3. The van der Waals surface area contributed by atoms with Gasteiger partial charge in [0.25, 0.3) is 0 Å². The largest absolute Gasteiger partial charge is 0.497 e. The maximum Gasteiger partial charge on any atom is 0.226 e. The second-order valence-corrected chi connectivity index (χ2v) is 6.10. The van der Waals surface area contributed by atoms with E-state index in [1.165, 1.54) is 5.56 Å². The molecule has 0 aliphatic carbocycles. The number of carbonyl (C=O) groups is 1. The van der Waals surface area contributed by atoms with Crippen molar-refractivity contribution >= 4 is 5.91 Å². The highest BCUT2D eigenvalue weighted by molar-refractivity contribution is 5.79. The van der Waals surface area contributed by atoms with Crippen LogP contribution in [0.2, 0.25) is 0 Å². The minimum absolute atomic E-state index is 0.0215. The lowest BCUT2D eigenvalue weighted by molar-refractivity contribution is -0.134. The van der Waals surface area contributed by atoms with Crippen molar-refractivity contribution in [2.75, 3.05) is 48.0 Å². The first-order valence-corrected chi connectivity index (χ1v) is 7.60. The smallest absolute Gasteiger partial charge is 0.226 e. The molecule has 1 fully saturated rings. The molecule has 0 unspecified atom stereocenters. The Bertz CT molecular complexity index is 487. The van der Waals surface area contributed by atoms with Crippen molar-refractivity contribution in [1.29, 1.82) is 0 Å². The topological polar surface area (TPSA) is 42.0 Å². The Labute approximate surface area is 132 Å². The molecule has 1 heterocycles. The van der Waals surface area contributed by atoms with Gasteiger partial charge in [0.15, 0.2) is 0 Å². The van der Waals surface area contributed by atoms with E-state index in [2.05, 4.69) is 17.0 Å². The highest BCUT2D eigenvalue weighted by Gasteiger charge is 2.38. The van der Waals surface area contributed by atoms with Gasteiger partial charge >= 0.3 is 0 Å². The Morgan fingerprint density at radius 2 is 1.91 bits per heavy atom. The van der Waals surface area contributed by atoms with E-state index >= 15 is 0 Å². The van der Waals surface area contributed by atoms with Crippen LogP contribution in [0.4, 0.5) is 0 Å². The molecule has 1 aliphatic rings. The fourth-order valence-corrected chi connectivity index (χ4v) is 3.07. The predicted octanol–water partition coefficient (Wildman–Crippen LogP) is 1.48. The van der Waals surface area contributed by atoms with Crippen LogP contribution >= 0.6 is 0 Å². The number of benzene rings is 1. The Morgan fingerprint density at radius 1 is 1.23 bits per heavy atom. The second-order valence-electron chi connectivity index (χ2n) is 6.10. The first kappa shape index (κ1) is 16.8. The normalized spacial score (nSPS) is 21.8. The minimum atomic E-state index is 0.0215. The third-order valence-electron chi connectivity index (χ3n) is 4.22. The van der Waals surface area contributed by atoms with Gasteiger partial charge in [-0.15, -0.1) is 0 Å². The van der Waals surface area contributed by atoms with Gasteiger partial charge in [-0.05, 0) is 17.7 Å². The van der Waals surface area contributed by atoms with Crippen molar-refractivity contribution in [3.8, 4) is 5.75 Å². The van der Waals surface area contributed by atoms with Gasteiger partial charge in [-0.2, -0.15) is 0 Å². The molecule has 5 heteroatoms. The van der Waals surface area contributed by atoms with Crippen molar-refractivity contribution in [3.05, 3.63) is 29.8 Å². The summed E-state index contributed by atoms with van der Waals surface area (Å²) < 4.78 is 10.5. The Hall–Kier alpha value is -1.59. The van der Waals surface area contributed by atoms with E-state index in [1.54, 1.807) is 19.1 Å². The lowest BCUT2D eigenvalue weighted by Crippen LogP contribution is -2.35. The molecule has 0 N–H and O–H groups in total. The number of hydrogen-bond donors (Lipinski definition) is 0. The summed E-state index contributed by atoms with van der Waals surface area (Å²) in [6.45, 7) is 3.16. The fourth-order valence-electron chi connectivity index (χ4n) is 3.07. The highest BCUT2D eigenvalue weighted by Crippen LogP contribution is 2.27. The molecular weight excluding hydrogens is 280 g/mol. The molecule has 0 bridgehead atoms. The summed E-state index contributed by atoms with van der Waals surface area (Å²) in [5.41, 5.74) is 1.23. The molecule has 1 aromatic carbocycles. The first-order valence-electron chi connectivity index (χ1n) is 7.60. The average molecular weight is 306 g/mol. The van der Waals surface area contributed by atoms with Crippen LogP contribution < -0.4 is 4.74 Å². The molecule has 22 heavy (non-hydrogen) atoms. The van der Waals surface area contributed by atoms with E-state index in [4.69, 9.17) is 9.47 Å². The molecule has 122 valence electrons. The maximum atomic E-state index is 12.3. The molecule has 0 aromatic heterocycles. The number of nitrogens with zero attached hydrogens (tertiary/aromatic N) is 2. The Kier molecular flexibility index (Phi) is 5.80. The summed E-state index contributed by atoms with van der Waals surface area (Å²) in [5.74, 6) is 1.34. The van der Waals surface area contributed by atoms with E-state index in [-0.39, 0.29) is 17.7 Å². The number of amides is 1. The van der Waals surface area contributed by atoms with Crippen LogP contribution in [-0.2, 0) is 16.1 Å². The van der Waals surface area contributed by atoms with E-state index in [0.29, 0.717) is 6.61 Å². The summed E-state index contributed by atoms with van der Waals surface area (Å²) in [6.07, 6.45) is 0. The zero-order valence-electron chi connectivity index (χ0n) is 13.9. The third kappa shape index (κ3) is 3.99. The SMILES string of the molecule is COC[C@@H]1CN(Cc2ccc(OC)cc2)C[C@H]1C(=O)N(C)C. The van der Waals surface area contributed by atoms with Crippen LogP contribution in [0.5, 0.6) is 5.75 Å². The van der Waals surface area contributed by atoms with Crippen LogP contribution in [0.1, 0.15) is 5.56 Å². The molecule has 1 aliphatic heterocycles. The molecule has 2 rings (SSSR count). The Morgan fingerprint density at radius 3 is 2.45 bits per heavy atom. The minimum Gasteiger partial charge on any atom is -0.497 e. The summed E-state index contributed by atoms with van der Waals surface area (Å²) in [7, 11) is 7.00. The zero-order valence-corrected chi connectivity index (χ0v) is 13.9. The van der Waals surface area contributed by atoms with Crippen LogP contribution in [0.15, 0.2) is 24.3 Å². The summed E-state index contributed by atoms with van der Waals surface area (Å²) >= 11 is 0. The van der Waals surface area contributed by atoms with Crippen molar-refractivity contribution in [2.45, 2.75) is 6.54 Å². The molecule has 1 saturated heterocycles. The lowest BCUT2D eigenvalue weighted by atomic mass is 9.96. The predicted molar refractivity (Wildman–Crippen MR) is 85.8 cm³/mol. The van der Waals surface area contributed by atoms with Crippen molar-refractivity contribution in [3.63, 3.8) is 0 Å². The molecule has 1 amide bonds. The number of rotatable bonds is 6. The standard InChI is InChI=1S/C17H26N2O3/c1-18(2)17(20)16-11-19(10-14(16)12-21-3)9-13-5-7-15(22-4)8-6-13/h5-8,14,16H,9-12H2,1-4H3/t14-,16+/m0/s1. The number of ether oxygens (including phenoxy) is 2. The van der Waals surface area contributed by atoms with Crippen molar-refractivity contribution in [1.82, 2.24) is 9.80 Å². The van der Waals surface area contributed by atoms with Gasteiger partial charge in [-0.3, -0.25) is 9.69 Å². The van der Waals surface area contributed by atoms with Gasteiger partial charge in [0.2, 0.25) is 5.91 Å². The molecule has 0 saturated carbocycles. The van der Waals surface area contributed by atoms with E-state index < -0.39 is 0 Å². The summed E-state index contributed by atoms with van der Waals surface area (Å²) in [6, 6.07) is 8.09. The van der Waals surface area contributed by atoms with E-state index in [1.807, 2.05) is 26.2 Å². The highest BCUT2D eigenvalue weighted by atomic mass is 16.5. The third-order valence-corrected chi connectivity index (χ3v) is 4.22. The van der Waals surface area contributed by atoms with Gasteiger partial charge in [-0.1, -0.05) is 12.1 Å². The molecular formula is C17H26N2O3. The Balaban J connectivity index is 2.01. The number of methoxy groups -OCH3 is 2. The van der Waals surface area contributed by atoms with Gasteiger partial charge in [0.05, 0.1) is 19.6 Å². The van der Waals surface area contributed by atoms with Gasteiger partial charge in [0, 0.05) is 46.8 Å². The van der Waals surface area contributed by atoms with Gasteiger partial charge in [-0.25, -0.2) is 0 Å². The van der Waals surface area contributed by atoms with Crippen LogP contribution in [0.3, 0.4) is 0 Å². The molecule has 0 spiro atoms. The second kappa shape index (κ2) is 7.61. The van der Waals surface area contributed by atoms with Crippen molar-refractivity contribution in [2.24, 2.45) is 11.8 Å². The summed E-state index contributed by atoms with van der Waals surface area (Å²) in [4.78, 5) is 16.4. The number of likely N-dealkylation sites (tertiary alicyclic amines) is 1. The average Bonchev–Trinajstić information content (AvgIpc) is 2.90. The number of carbonyl (C=O) groups excluding carboxylic acids is 1. The van der Waals surface area contributed by atoms with E-state index in [9.17, 15) is 4.79 Å². The van der Waals surface area contributed by atoms with Crippen LogP contribution in [0.25, 0.3) is 0 Å². The van der Waals surface area contributed by atoms with Crippen LogP contribution in [-0.4, -0.2) is 63.7 Å². The monoisotopic (exact) mass is 306 g/mol. The quantitative estimate of drug-likeness (QED) is 0.798. The number of hydrogen-bond acceptors (Lipinski definition) is 4. The lowest BCUT2D eigenvalue weighted by Gasteiger charge is -2.20. The zero-order chi connectivity index (χ0) is 16.1. The van der Waals surface area contributed by atoms with E-state index in [0.717, 1.165) is 25.4 Å². The molecule has 5 nitrogen and oxygen atoms in total. The molecule has 2 atom stereocenters. The van der Waals surface area contributed by atoms with Crippen LogP contribution in [0, 0.1) is 11.8 Å². The molecule has 1 aromatic rings. The molecule has 0 radical (unpaired) electrons. The first-order chi connectivity index (χ1) is 10.5. The van der Waals surface area contributed by atoms with Gasteiger partial charge < -0.3 is 14.4 Å². The summed E-state index contributed by atoms with van der Waals surface area (Å²) in [5, 5.41) is 0.